The summed E-state index contributed by atoms with van der Waals surface area (Å²) >= 11 is 5.82. The summed E-state index contributed by atoms with van der Waals surface area (Å²) in [4.78, 5) is 0. The zero-order valence-corrected chi connectivity index (χ0v) is 12.0. The topological polar surface area (TPSA) is 44.5 Å². The van der Waals surface area contributed by atoms with Crippen molar-refractivity contribution in [3.05, 3.63) is 47.5 Å². The number of nitrogen functional groups attached to an aromatic ring is 1. The van der Waals surface area contributed by atoms with E-state index in [2.05, 4.69) is 0 Å². The van der Waals surface area contributed by atoms with Crippen molar-refractivity contribution in [2.75, 3.05) is 12.3 Å². The SMILES string of the molecule is CCOc1ccc(Oc2ccc(Cl)cc2N)cc1.Cl. The summed E-state index contributed by atoms with van der Waals surface area (Å²) in [6, 6.07) is 12.5. The fourth-order valence-corrected chi connectivity index (χ4v) is 1.69. The number of rotatable bonds is 4. The number of benzene rings is 2. The monoisotopic (exact) mass is 299 g/mol. The van der Waals surface area contributed by atoms with Crippen LogP contribution in [0.3, 0.4) is 0 Å². The van der Waals surface area contributed by atoms with Gasteiger partial charge in [0.1, 0.15) is 17.2 Å². The molecular weight excluding hydrogens is 285 g/mol. The number of halogens is 2. The molecule has 0 unspecified atom stereocenters. The van der Waals surface area contributed by atoms with Crippen molar-refractivity contribution in [2.45, 2.75) is 6.92 Å². The highest BCUT2D eigenvalue weighted by molar-refractivity contribution is 6.30. The van der Waals surface area contributed by atoms with E-state index in [1.54, 1.807) is 18.2 Å². The van der Waals surface area contributed by atoms with E-state index in [0.717, 1.165) is 5.75 Å². The smallest absolute Gasteiger partial charge is 0.150 e. The highest BCUT2D eigenvalue weighted by Crippen LogP contribution is 2.30. The zero-order chi connectivity index (χ0) is 13.0. The summed E-state index contributed by atoms with van der Waals surface area (Å²) < 4.78 is 11.0. The van der Waals surface area contributed by atoms with Gasteiger partial charge in [0.15, 0.2) is 0 Å². The summed E-state index contributed by atoms with van der Waals surface area (Å²) in [5.74, 6) is 2.10. The van der Waals surface area contributed by atoms with Crippen LogP contribution >= 0.6 is 24.0 Å². The van der Waals surface area contributed by atoms with Crippen LogP contribution in [0, 0.1) is 0 Å². The maximum absolute atomic E-state index is 5.82. The first-order valence-corrected chi connectivity index (χ1v) is 6.02. The van der Waals surface area contributed by atoms with Crippen LogP contribution in [-0.2, 0) is 0 Å². The molecule has 2 aromatic rings. The second kappa shape index (κ2) is 7.12. The molecular formula is C14H15Cl2NO2. The molecule has 0 heterocycles. The van der Waals surface area contributed by atoms with Gasteiger partial charge in [0.25, 0.3) is 0 Å². The molecule has 3 nitrogen and oxygen atoms in total. The van der Waals surface area contributed by atoms with Gasteiger partial charge in [0.05, 0.1) is 12.3 Å². The Balaban J connectivity index is 0.00000180. The van der Waals surface area contributed by atoms with Crippen LogP contribution in [-0.4, -0.2) is 6.61 Å². The fourth-order valence-electron chi connectivity index (χ4n) is 1.51. The molecule has 0 aromatic heterocycles. The molecule has 0 amide bonds. The van der Waals surface area contributed by atoms with E-state index in [9.17, 15) is 0 Å². The molecule has 0 atom stereocenters. The molecule has 0 aliphatic rings. The van der Waals surface area contributed by atoms with Gasteiger partial charge in [0.2, 0.25) is 0 Å². The molecule has 5 heteroatoms. The van der Waals surface area contributed by atoms with Gasteiger partial charge in [0, 0.05) is 5.02 Å². The second-order valence-corrected chi connectivity index (χ2v) is 4.13. The molecule has 0 spiro atoms. The molecule has 0 aliphatic heterocycles. The van der Waals surface area contributed by atoms with Crippen molar-refractivity contribution in [2.24, 2.45) is 0 Å². The Morgan fingerprint density at radius 1 is 1.05 bits per heavy atom. The first-order valence-electron chi connectivity index (χ1n) is 5.65. The molecule has 0 radical (unpaired) electrons. The van der Waals surface area contributed by atoms with Gasteiger partial charge in [-0.2, -0.15) is 0 Å². The molecule has 0 saturated heterocycles. The molecule has 102 valence electrons. The Morgan fingerprint density at radius 3 is 2.26 bits per heavy atom. The van der Waals surface area contributed by atoms with Crippen LogP contribution in [0.4, 0.5) is 5.69 Å². The van der Waals surface area contributed by atoms with Crippen LogP contribution in [0.1, 0.15) is 6.92 Å². The summed E-state index contributed by atoms with van der Waals surface area (Å²) in [6.45, 7) is 2.59. The van der Waals surface area contributed by atoms with Gasteiger partial charge in [-0.3, -0.25) is 0 Å². The predicted octanol–water partition coefficient (Wildman–Crippen LogP) is 4.54. The lowest BCUT2D eigenvalue weighted by Crippen LogP contribution is -1.93. The van der Waals surface area contributed by atoms with Crippen molar-refractivity contribution in [3.8, 4) is 17.2 Å². The average Bonchev–Trinajstić information content (AvgIpc) is 2.35. The van der Waals surface area contributed by atoms with Crippen LogP contribution in [0.2, 0.25) is 5.02 Å². The average molecular weight is 300 g/mol. The number of ether oxygens (including phenoxy) is 2. The third-order valence-corrected chi connectivity index (χ3v) is 2.57. The predicted molar refractivity (Wildman–Crippen MR) is 80.8 cm³/mol. The maximum Gasteiger partial charge on any atom is 0.150 e. The lowest BCUT2D eigenvalue weighted by molar-refractivity contribution is 0.339. The summed E-state index contributed by atoms with van der Waals surface area (Å²) in [7, 11) is 0. The lowest BCUT2D eigenvalue weighted by Gasteiger charge is -2.09. The van der Waals surface area contributed by atoms with Crippen LogP contribution < -0.4 is 15.2 Å². The number of anilines is 1. The first kappa shape index (κ1) is 15.5. The number of hydrogen-bond acceptors (Lipinski definition) is 3. The molecule has 19 heavy (non-hydrogen) atoms. The molecule has 0 saturated carbocycles. The third kappa shape index (κ3) is 4.23. The maximum atomic E-state index is 5.82. The van der Waals surface area contributed by atoms with Crippen LogP contribution in [0.5, 0.6) is 17.2 Å². The Bertz CT molecular complexity index is 529. The summed E-state index contributed by atoms with van der Waals surface area (Å²) in [5.41, 5.74) is 6.32. The molecule has 2 aromatic carbocycles. The van der Waals surface area contributed by atoms with Gasteiger partial charge < -0.3 is 15.2 Å². The largest absolute Gasteiger partial charge is 0.494 e. The van der Waals surface area contributed by atoms with Crippen LogP contribution in [0.25, 0.3) is 0 Å². The van der Waals surface area contributed by atoms with E-state index in [-0.39, 0.29) is 12.4 Å². The highest BCUT2D eigenvalue weighted by Gasteiger charge is 2.03. The molecule has 0 bridgehead atoms. The van der Waals surface area contributed by atoms with Gasteiger partial charge in [-0.1, -0.05) is 11.6 Å². The van der Waals surface area contributed by atoms with E-state index < -0.39 is 0 Å². The van der Waals surface area contributed by atoms with Crippen molar-refractivity contribution in [3.63, 3.8) is 0 Å². The van der Waals surface area contributed by atoms with E-state index in [1.807, 2.05) is 31.2 Å². The zero-order valence-electron chi connectivity index (χ0n) is 10.4. The lowest BCUT2D eigenvalue weighted by atomic mass is 10.3. The van der Waals surface area contributed by atoms with E-state index in [0.29, 0.717) is 28.8 Å². The second-order valence-electron chi connectivity index (χ2n) is 3.69. The van der Waals surface area contributed by atoms with E-state index >= 15 is 0 Å². The minimum absolute atomic E-state index is 0. The van der Waals surface area contributed by atoms with Crippen molar-refractivity contribution < 1.29 is 9.47 Å². The Labute approximate surface area is 123 Å². The van der Waals surface area contributed by atoms with Gasteiger partial charge in [-0.25, -0.2) is 0 Å². The highest BCUT2D eigenvalue weighted by atomic mass is 35.5. The van der Waals surface area contributed by atoms with Crippen molar-refractivity contribution in [1.29, 1.82) is 0 Å². The van der Waals surface area contributed by atoms with Crippen LogP contribution in [0.15, 0.2) is 42.5 Å². The van der Waals surface area contributed by atoms with Gasteiger partial charge in [-0.15, -0.1) is 12.4 Å². The molecule has 0 aliphatic carbocycles. The number of nitrogens with two attached hydrogens (primary N) is 1. The standard InChI is InChI=1S/C14H14ClNO2.ClH/c1-2-17-11-4-6-12(7-5-11)18-14-8-3-10(15)9-13(14)16;/h3-9H,2,16H2,1H3;1H. The summed E-state index contributed by atoms with van der Waals surface area (Å²) in [5, 5.41) is 0.589. The number of hydrogen-bond donors (Lipinski definition) is 1. The third-order valence-electron chi connectivity index (χ3n) is 2.33. The molecule has 2 N–H and O–H groups in total. The summed E-state index contributed by atoms with van der Waals surface area (Å²) in [6.07, 6.45) is 0. The molecule has 0 fully saturated rings. The Morgan fingerprint density at radius 2 is 1.68 bits per heavy atom. The minimum Gasteiger partial charge on any atom is -0.494 e. The fraction of sp³-hybridized carbons (Fsp3) is 0.143. The Kier molecular flexibility index (Phi) is 5.80. The van der Waals surface area contributed by atoms with Gasteiger partial charge in [-0.05, 0) is 49.4 Å². The minimum atomic E-state index is 0. The molecule has 2 rings (SSSR count). The Hall–Kier alpha value is -1.58. The van der Waals surface area contributed by atoms with Crippen molar-refractivity contribution >= 4 is 29.7 Å². The van der Waals surface area contributed by atoms with E-state index in [4.69, 9.17) is 26.8 Å². The normalized spacial score (nSPS) is 9.58. The van der Waals surface area contributed by atoms with Gasteiger partial charge >= 0.3 is 0 Å². The first-order chi connectivity index (χ1) is 8.69. The quantitative estimate of drug-likeness (QED) is 0.843. The van der Waals surface area contributed by atoms with E-state index in [1.165, 1.54) is 0 Å². The van der Waals surface area contributed by atoms with Crippen molar-refractivity contribution in [1.82, 2.24) is 0 Å².